The molecule has 0 spiro atoms. The van der Waals surface area contributed by atoms with Crippen molar-refractivity contribution in [2.45, 2.75) is 32.2 Å². The first-order valence-electron chi connectivity index (χ1n) is 8.63. The zero-order chi connectivity index (χ0) is 19.0. The molecule has 1 aliphatic heterocycles. The fourth-order valence-electron chi connectivity index (χ4n) is 3.32. The molecule has 0 saturated carbocycles. The lowest BCUT2D eigenvalue weighted by Gasteiger charge is -2.27. The Kier molecular flexibility index (Phi) is 4.39. The van der Waals surface area contributed by atoms with Crippen molar-refractivity contribution in [2.24, 2.45) is 4.99 Å². The summed E-state index contributed by atoms with van der Waals surface area (Å²) in [5.41, 5.74) is 3.70. The number of H-pyrrole nitrogens is 1. The number of aromatic amines is 1. The van der Waals surface area contributed by atoms with E-state index in [1.807, 2.05) is 19.9 Å². The molecule has 0 fully saturated rings. The summed E-state index contributed by atoms with van der Waals surface area (Å²) in [6.07, 6.45) is 5.67. The molecular formula is C19H18F2N6. The average molecular weight is 368 g/mol. The molecule has 2 unspecified atom stereocenters. The maximum Gasteiger partial charge on any atom is 0.182 e. The van der Waals surface area contributed by atoms with Gasteiger partial charge in [-0.3, -0.25) is 4.99 Å². The summed E-state index contributed by atoms with van der Waals surface area (Å²) in [6, 6.07) is 3.82. The van der Waals surface area contributed by atoms with E-state index < -0.39 is 11.6 Å². The van der Waals surface area contributed by atoms with Gasteiger partial charge in [0.15, 0.2) is 23.1 Å². The summed E-state index contributed by atoms with van der Waals surface area (Å²) in [6.45, 7) is 3.89. The van der Waals surface area contributed by atoms with Crippen LogP contribution in [-0.4, -0.2) is 31.7 Å². The first kappa shape index (κ1) is 17.3. The van der Waals surface area contributed by atoms with Crippen LogP contribution in [-0.2, 0) is 0 Å². The van der Waals surface area contributed by atoms with Gasteiger partial charge in [-0.1, -0.05) is 12.1 Å². The number of nitrogens with zero attached hydrogens (tertiary/aromatic N) is 4. The molecule has 138 valence electrons. The number of halogens is 2. The normalized spacial score (nSPS) is 18.1. The van der Waals surface area contributed by atoms with Gasteiger partial charge in [-0.2, -0.15) is 0 Å². The summed E-state index contributed by atoms with van der Waals surface area (Å²) in [5, 5.41) is 3.34. The predicted molar refractivity (Wildman–Crippen MR) is 99.7 cm³/mol. The van der Waals surface area contributed by atoms with E-state index in [1.54, 1.807) is 12.4 Å². The van der Waals surface area contributed by atoms with E-state index in [-0.39, 0.29) is 12.0 Å². The maximum atomic E-state index is 13.8. The highest BCUT2D eigenvalue weighted by atomic mass is 19.2. The number of imidazole rings is 1. The average Bonchev–Trinajstić information content (AvgIpc) is 3.14. The maximum absolute atomic E-state index is 13.8. The highest BCUT2D eigenvalue weighted by Gasteiger charge is 2.27. The number of fused-ring (bicyclic) bond motifs is 1. The molecule has 4 rings (SSSR count). The Morgan fingerprint density at radius 3 is 2.85 bits per heavy atom. The number of hydrogen-bond donors (Lipinski definition) is 2. The van der Waals surface area contributed by atoms with Crippen LogP contribution in [0, 0.1) is 11.6 Å². The van der Waals surface area contributed by atoms with Gasteiger partial charge in [0.05, 0.1) is 12.4 Å². The molecule has 3 aromatic rings. The molecule has 6 nitrogen and oxygen atoms in total. The third-order valence-corrected chi connectivity index (χ3v) is 4.68. The van der Waals surface area contributed by atoms with Crippen LogP contribution in [0.2, 0.25) is 0 Å². The molecule has 0 bridgehead atoms. The van der Waals surface area contributed by atoms with Gasteiger partial charge in [0, 0.05) is 17.3 Å². The van der Waals surface area contributed by atoms with Crippen molar-refractivity contribution >= 4 is 22.7 Å². The quantitative estimate of drug-likeness (QED) is 0.730. The van der Waals surface area contributed by atoms with Gasteiger partial charge in [-0.25, -0.2) is 23.7 Å². The molecule has 2 aromatic heterocycles. The largest absolute Gasteiger partial charge is 0.360 e. The number of aromatic nitrogens is 4. The van der Waals surface area contributed by atoms with Gasteiger partial charge >= 0.3 is 0 Å². The zero-order valence-corrected chi connectivity index (χ0v) is 14.9. The van der Waals surface area contributed by atoms with Crippen molar-refractivity contribution < 1.29 is 8.78 Å². The number of allylic oxidation sites excluding steroid dienone is 2. The number of anilines is 1. The summed E-state index contributed by atoms with van der Waals surface area (Å²) >= 11 is 0. The van der Waals surface area contributed by atoms with Gasteiger partial charge in [0.2, 0.25) is 0 Å². The van der Waals surface area contributed by atoms with Gasteiger partial charge in [-0.15, -0.1) is 0 Å². The fraction of sp³-hybridized carbons (Fsp3) is 0.263. The third-order valence-electron chi connectivity index (χ3n) is 4.68. The first-order chi connectivity index (χ1) is 13.0. The molecule has 2 N–H and O–H groups in total. The van der Waals surface area contributed by atoms with Crippen molar-refractivity contribution in [2.75, 3.05) is 5.32 Å². The molecule has 0 saturated heterocycles. The summed E-state index contributed by atoms with van der Waals surface area (Å²) in [4.78, 5) is 20.2. The fourth-order valence-corrected chi connectivity index (χ4v) is 3.32. The number of benzene rings is 1. The van der Waals surface area contributed by atoms with Crippen LogP contribution < -0.4 is 5.32 Å². The van der Waals surface area contributed by atoms with Crippen molar-refractivity contribution in [3.05, 3.63) is 59.8 Å². The standard InChI is InChI=1S/C19H18F2N6/c1-10-3-5-13(12-4-6-14(20)15(21)7-12)16(26-10)11(2)27-19-17-18(23-8-22-17)24-9-25-19/h3-4,6-9,11,13H,5H2,1-2H3,(H2,22,23,24,25,27). The lowest BCUT2D eigenvalue weighted by molar-refractivity contribution is 0.506. The van der Waals surface area contributed by atoms with Crippen LogP contribution >= 0.6 is 0 Å². The Morgan fingerprint density at radius 2 is 2.04 bits per heavy atom. The summed E-state index contributed by atoms with van der Waals surface area (Å²) < 4.78 is 27.1. The second kappa shape index (κ2) is 6.86. The first-order valence-corrected chi connectivity index (χ1v) is 8.63. The Bertz CT molecular complexity index is 1060. The second-order valence-corrected chi connectivity index (χ2v) is 6.53. The van der Waals surface area contributed by atoms with E-state index in [2.05, 4.69) is 30.2 Å². The van der Waals surface area contributed by atoms with Gasteiger partial charge < -0.3 is 10.3 Å². The topological polar surface area (TPSA) is 78.9 Å². The van der Waals surface area contributed by atoms with Crippen molar-refractivity contribution in [3.8, 4) is 0 Å². The molecule has 1 aromatic carbocycles. The molecule has 0 aliphatic carbocycles. The third kappa shape index (κ3) is 3.30. The van der Waals surface area contributed by atoms with Crippen LogP contribution in [0.3, 0.4) is 0 Å². The van der Waals surface area contributed by atoms with Crippen LogP contribution in [0.4, 0.5) is 14.6 Å². The Labute approximate surface area is 154 Å². The minimum Gasteiger partial charge on any atom is -0.360 e. The predicted octanol–water partition coefficient (Wildman–Crippen LogP) is 3.96. The van der Waals surface area contributed by atoms with Crippen LogP contribution in [0.25, 0.3) is 11.2 Å². The molecular weight excluding hydrogens is 350 g/mol. The minimum absolute atomic E-state index is 0.148. The molecule has 0 radical (unpaired) electrons. The summed E-state index contributed by atoms with van der Waals surface area (Å²) in [5.74, 6) is -1.24. The van der Waals surface area contributed by atoms with Gasteiger partial charge in [0.25, 0.3) is 0 Å². The minimum atomic E-state index is -0.853. The van der Waals surface area contributed by atoms with Crippen molar-refractivity contribution in [1.82, 2.24) is 19.9 Å². The van der Waals surface area contributed by atoms with Crippen molar-refractivity contribution in [1.29, 1.82) is 0 Å². The van der Waals surface area contributed by atoms with E-state index in [0.717, 1.165) is 17.5 Å². The summed E-state index contributed by atoms with van der Waals surface area (Å²) in [7, 11) is 0. The molecule has 0 amide bonds. The van der Waals surface area contributed by atoms with Crippen molar-refractivity contribution in [3.63, 3.8) is 0 Å². The number of hydrogen-bond acceptors (Lipinski definition) is 5. The van der Waals surface area contributed by atoms with E-state index in [1.165, 1.54) is 12.4 Å². The molecule has 27 heavy (non-hydrogen) atoms. The second-order valence-electron chi connectivity index (χ2n) is 6.53. The SMILES string of the molecule is CC1=CCC(c2ccc(F)c(F)c2)C(C(C)Nc2ncnc3nc[nH]c23)=N1. The zero-order valence-electron chi connectivity index (χ0n) is 14.9. The van der Waals surface area contributed by atoms with Gasteiger partial charge in [-0.05, 0) is 38.0 Å². The van der Waals surface area contributed by atoms with Crippen LogP contribution in [0.15, 0.2) is 47.6 Å². The monoisotopic (exact) mass is 368 g/mol. The molecule has 3 heterocycles. The Morgan fingerprint density at radius 1 is 1.19 bits per heavy atom. The van der Waals surface area contributed by atoms with E-state index >= 15 is 0 Å². The molecule has 1 aliphatic rings. The lowest BCUT2D eigenvalue weighted by atomic mass is 9.85. The smallest absolute Gasteiger partial charge is 0.182 e. The van der Waals surface area contributed by atoms with E-state index in [0.29, 0.717) is 29.0 Å². The van der Waals surface area contributed by atoms with E-state index in [4.69, 9.17) is 0 Å². The Balaban J connectivity index is 1.66. The number of aliphatic imine (C=N–C) groups is 1. The molecule has 8 heteroatoms. The van der Waals surface area contributed by atoms with Gasteiger partial charge in [0.1, 0.15) is 11.8 Å². The number of nitrogens with one attached hydrogen (secondary N) is 2. The highest BCUT2D eigenvalue weighted by molar-refractivity contribution is 5.99. The number of rotatable bonds is 4. The van der Waals surface area contributed by atoms with Crippen LogP contribution in [0.5, 0.6) is 0 Å². The van der Waals surface area contributed by atoms with Crippen LogP contribution in [0.1, 0.15) is 31.7 Å². The lowest BCUT2D eigenvalue weighted by Crippen LogP contribution is -2.33. The highest BCUT2D eigenvalue weighted by Crippen LogP contribution is 2.30. The Hall–Kier alpha value is -3.16. The molecule has 2 atom stereocenters. The van der Waals surface area contributed by atoms with E-state index in [9.17, 15) is 8.78 Å².